The van der Waals surface area contributed by atoms with Gasteiger partial charge in [-0.2, -0.15) is 4.98 Å². The van der Waals surface area contributed by atoms with Crippen molar-refractivity contribution in [1.29, 1.82) is 0 Å². The molecule has 21 nitrogen and oxygen atoms in total. The lowest BCUT2D eigenvalue weighted by Gasteiger charge is -2.26. The number of hydrogen-bond donors (Lipinski definition) is 6. The minimum atomic E-state index is -5.09. The average Bonchev–Trinajstić information content (AvgIpc) is 3.57. The number of aromatic nitrogens is 6. The third-order valence-electron chi connectivity index (χ3n) is 6.70. The van der Waals surface area contributed by atoms with Crippen LogP contribution in [0.4, 0.5) is 5.82 Å². The van der Waals surface area contributed by atoms with Crippen LogP contribution in [0.15, 0.2) is 34.5 Å². The number of nitrogens with one attached hydrogen (secondary N) is 1. The van der Waals surface area contributed by atoms with Crippen LogP contribution >= 0.6 is 15.6 Å². The molecule has 0 spiro atoms. The van der Waals surface area contributed by atoms with Gasteiger partial charge in [0.1, 0.15) is 42.4 Å². The van der Waals surface area contributed by atoms with Crippen molar-refractivity contribution in [3.05, 3.63) is 45.8 Å². The molecule has 2 unspecified atom stereocenters. The first-order chi connectivity index (χ1) is 19.8. The summed E-state index contributed by atoms with van der Waals surface area (Å²) >= 11 is 0. The Morgan fingerprint density at radius 3 is 2.07 bits per heavy atom. The van der Waals surface area contributed by atoms with E-state index in [0.29, 0.717) is 0 Å². The van der Waals surface area contributed by atoms with E-state index in [9.17, 15) is 38.7 Å². The molecule has 0 radical (unpaired) electrons. The molecular formula is C19H23N7O14P2. The van der Waals surface area contributed by atoms with Crippen LogP contribution < -0.4 is 17.0 Å². The zero-order valence-electron chi connectivity index (χ0n) is 20.9. The van der Waals surface area contributed by atoms with E-state index in [1.807, 2.05) is 0 Å². The zero-order chi connectivity index (χ0) is 30.0. The number of imidazole rings is 1. The van der Waals surface area contributed by atoms with Gasteiger partial charge in [-0.15, -0.1) is 0 Å². The molecule has 3 fully saturated rings. The molecule has 0 saturated carbocycles. The summed E-state index contributed by atoms with van der Waals surface area (Å²) in [5.41, 5.74) is 3.77. The number of ether oxygens (including phenoxy) is 2. The van der Waals surface area contributed by atoms with Crippen molar-refractivity contribution in [1.82, 2.24) is 29.1 Å². The first-order valence-electron chi connectivity index (χ1n) is 12.1. The molecule has 3 aliphatic rings. The summed E-state index contributed by atoms with van der Waals surface area (Å²) in [6, 6.07) is 1.21. The Kier molecular flexibility index (Phi) is 7.41. The number of anilines is 1. The maximum atomic E-state index is 13.0. The maximum Gasteiger partial charge on any atom is 0.472 e. The van der Waals surface area contributed by atoms with E-state index >= 15 is 0 Å². The van der Waals surface area contributed by atoms with Crippen LogP contribution in [0.5, 0.6) is 0 Å². The molecule has 0 amide bonds. The largest absolute Gasteiger partial charge is 0.472 e. The summed E-state index contributed by atoms with van der Waals surface area (Å²) in [5, 5.41) is 21.8. The standard InChI is InChI=1S/C19H23N7O14P2/c20-9-1-2-25(19(30)24-9)17-13-11(27)7(37-17)3-35-42(33,34)40-14-12(28)8(4-36-41(31,32)39-13)38-18(14)26-6-23-10-15(26)21-5-22-16(10)29/h1-2,5-8,11-14,17-18,27-28H,3-4H2,(H,31,32)(H,33,34)(H2,20,24,30)(H,21,22,29)/t7-,8-,11-,12-,13-,14-,17-,18-/m1/s1. The monoisotopic (exact) mass is 635 g/mol. The van der Waals surface area contributed by atoms with Crippen LogP contribution in [0, 0.1) is 0 Å². The molecule has 0 aliphatic carbocycles. The van der Waals surface area contributed by atoms with E-state index in [2.05, 4.69) is 19.9 Å². The number of phosphoric ester groups is 2. The topological polar surface area (TPSA) is 295 Å². The Balaban J connectivity index is 1.34. The molecule has 6 rings (SSSR count). The molecule has 3 aromatic heterocycles. The number of aromatic amines is 1. The molecule has 6 heterocycles. The fraction of sp³-hybridized carbons (Fsp3) is 0.526. The quantitative estimate of drug-likeness (QED) is 0.158. The number of rotatable bonds is 2. The van der Waals surface area contributed by atoms with Crippen molar-refractivity contribution in [3.63, 3.8) is 0 Å². The molecule has 7 N–H and O–H groups in total. The number of phosphoric acid groups is 2. The van der Waals surface area contributed by atoms with E-state index in [-0.39, 0.29) is 17.0 Å². The van der Waals surface area contributed by atoms with E-state index in [1.54, 1.807) is 0 Å². The van der Waals surface area contributed by atoms with Gasteiger partial charge in [0.25, 0.3) is 5.56 Å². The fourth-order valence-corrected chi connectivity index (χ4v) is 6.62. The number of aliphatic hydroxyl groups excluding tert-OH is 2. The van der Waals surface area contributed by atoms with Gasteiger partial charge < -0.3 is 40.2 Å². The number of H-pyrrole nitrogens is 1. The zero-order valence-corrected chi connectivity index (χ0v) is 22.7. The highest BCUT2D eigenvalue weighted by Crippen LogP contribution is 2.53. The van der Waals surface area contributed by atoms with Gasteiger partial charge in [-0.25, -0.2) is 23.9 Å². The van der Waals surface area contributed by atoms with E-state index in [1.165, 1.54) is 6.07 Å². The number of nitrogen functional groups attached to an aromatic ring is 1. The maximum absolute atomic E-state index is 13.0. The Bertz CT molecular complexity index is 1710. The Hall–Kier alpha value is -2.91. The predicted molar refractivity (Wildman–Crippen MR) is 132 cm³/mol. The third-order valence-corrected chi connectivity index (χ3v) is 8.67. The average molecular weight is 635 g/mol. The highest BCUT2D eigenvalue weighted by Gasteiger charge is 2.53. The number of fused-ring (bicyclic) bond motifs is 5. The van der Waals surface area contributed by atoms with Crippen molar-refractivity contribution in [2.45, 2.75) is 49.1 Å². The van der Waals surface area contributed by atoms with Crippen molar-refractivity contribution < 1.29 is 56.7 Å². The summed E-state index contributed by atoms with van der Waals surface area (Å²) < 4.78 is 59.8. The van der Waals surface area contributed by atoms with Gasteiger partial charge in [0.05, 0.1) is 25.9 Å². The van der Waals surface area contributed by atoms with Gasteiger partial charge in [0.2, 0.25) is 0 Å². The normalized spacial score (nSPS) is 39.3. The van der Waals surface area contributed by atoms with Gasteiger partial charge in [-0.05, 0) is 6.07 Å². The van der Waals surface area contributed by atoms with Crippen LogP contribution in [-0.2, 0) is 36.7 Å². The van der Waals surface area contributed by atoms with E-state index < -0.39 is 89.2 Å². The van der Waals surface area contributed by atoms with Gasteiger partial charge in [0.15, 0.2) is 23.6 Å². The summed E-state index contributed by atoms with van der Waals surface area (Å²) in [7, 11) is -10.2. The van der Waals surface area contributed by atoms with Gasteiger partial charge in [0, 0.05) is 6.20 Å². The first kappa shape index (κ1) is 29.2. The lowest BCUT2D eigenvalue weighted by molar-refractivity contribution is -0.0694. The minimum Gasteiger partial charge on any atom is -0.387 e. The molecule has 3 aromatic rings. The Morgan fingerprint density at radius 1 is 0.929 bits per heavy atom. The molecule has 3 saturated heterocycles. The van der Waals surface area contributed by atoms with Crippen LogP contribution in [-0.4, -0.2) is 98.9 Å². The predicted octanol–water partition coefficient (Wildman–Crippen LogP) is -2.51. The molecule has 42 heavy (non-hydrogen) atoms. The van der Waals surface area contributed by atoms with Crippen molar-refractivity contribution in [2.24, 2.45) is 0 Å². The summed E-state index contributed by atoms with van der Waals surface area (Å²) in [5.74, 6) is -0.141. The molecule has 3 aliphatic heterocycles. The number of nitrogens with two attached hydrogens (primary N) is 1. The Morgan fingerprint density at radius 2 is 1.50 bits per heavy atom. The lowest BCUT2D eigenvalue weighted by Crippen LogP contribution is -2.39. The molecule has 228 valence electrons. The van der Waals surface area contributed by atoms with Gasteiger partial charge >= 0.3 is 21.3 Å². The fourth-order valence-electron chi connectivity index (χ4n) is 4.76. The van der Waals surface area contributed by atoms with Crippen LogP contribution in [0.1, 0.15) is 12.5 Å². The van der Waals surface area contributed by atoms with Gasteiger partial charge in [-0.1, -0.05) is 0 Å². The van der Waals surface area contributed by atoms with E-state index in [0.717, 1.165) is 28.0 Å². The number of hydrogen-bond acceptors (Lipinski definition) is 16. The van der Waals surface area contributed by atoms with Crippen molar-refractivity contribution in [3.8, 4) is 0 Å². The second-order valence-electron chi connectivity index (χ2n) is 9.38. The second kappa shape index (κ2) is 10.7. The van der Waals surface area contributed by atoms with Crippen LogP contribution in [0.2, 0.25) is 0 Å². The number of nitrogens with zero attached hydrogens (tertiary/aromatic N) is 5. The Labute approximate surface area is 232 Å². The van der Waals surface area contributed by atoms with Crippen LogP contribution in [0.3, 0.4) is 0 Å². The first-order valence-corrected chi connectivity index (χ1v) is 15.1. The number of aliphatic hydroxyl groups is 2. The second-order valence-corrected chi connectivity index (χ2v) is 12.2. The molecular weight excluding hydrogens is 612 g/mol. The van der Waals surface area contributed by atoms with Gasteiger partial charge in [-0.3, -0.25) is 32.0 Å². The summed E-state index contributed by atoms with van der Waals surface area (Å²) in [4.78, 5) is 59.4. The molecule has 10 atom stereocenters. The minimum absolute atomic E-state index is 0.0406. The lowest BCUT2D eigenvalue weighted by atomic mass is 10.1. The smallest absolute Gasteiger partial charge is 0.387 e. The van der Waals surface area contributed by atoms with Crippen molar-refractivity contribution >= 4 is 32.6 Å². The third kappa shape index (κ3) is 5.34. The van der Waals surface area contributed by atoms with Crippen LogP contribution in [0.25, 0.3) is 11.2 Å². The molecule has 0 aromatic carbocycles. The molecule has 4 bridgehead atoms. The highest BCUT2D eigenvalue weighted by molar-refractivity contribution is 7.47. The van der Waals surface area contributed by atoms with E-state index in [4.69, 9.17) is 33.3 Å². The van der Waals surface area contributed by atoms with Crippen molar-refractivity contribution in [2.75, 3.05) is 18.9 Å². The highest BCUT2D eigenvalue weighted by atomic mass is 31.2. The summed E-state index contributed by atoms with van der Waals surface area (Å²) in [6.07, 6.45) is -9.79. The summed E-state index contributed by atoms with van der Waals surface area (Å²) in [6.45, 7) is -1.70. The SMILES string of the molecule is Nc1ccn([C@@H]2O[C@@H]3COP(=O)(O)O[C@@H]4[C@H](O)[C@@H](COP(=O)(O)O[C@@H]2[C@@H]3O)O[C@H]4n2cnc3c(=O)[nH]cnc32)c(=O)n1. The molecule has 23 heteroatoms.